The Bertz CT molecular complexity index is 1570. The molecule has 1 unspecified atom stereocenters. The van der Waals surface area contributed by atoms with Crippen LogP contribution in [-0.4, -0.2) is 53.9 Å². The maximum absolute atomic E-state index is 16.2. The number of carboxylic acid groups (broad SMARTS) is 1. The minimum absolute atomic E-state index is 0.0515. The van der Waals surface area contributed by atoms with Gasteiger partial charge in [-0.05, 0) is 61.7 Å². The van der Waals surface area contributed by atoms with Crippen LogP contribution in [0, 0.1) is 11.6 Å². The first kappa shape index (κ1) is 26.6. The third-order valence-electron chi connectivity index (χ3n) is 7.11. The van der Waals surface area contributed by atoms with Gasteiger partial charge in [0.2, 0.25) is 0 Å². The molecule has 1 atom stereocenters. The number of nitrogens with zero attached hydrogens (tertiary/aromatic N) is 1. The van der Waals surface area contributed by atoms with E-state index in [1.54, 1.807) is 0 Å². The summed E-state index contributed by atoms with van der Waals surface area (Å²) in [6.45, 7) is 3.51. The number of fused-ring (bicyclic) bond motifs is 3. The van der Waals surface area contributed by atoms with E-state index in [2.05, 4.69) is 4.98 Å². The number of aromatic carboxylic acids is 1. The molecule has 39 heavy (non-hydrogen) atoms. The molecule has 1 aliphatic rings. The first-order valence-electron chi connectivity index (χ1n) is 12.5. The average molecular weight is 539 g/mol. The van der Waals surface area contributed by atoms with Gasteiger partial charge in [-0.1, -0.05) is 18.2 Å². The standard InChI is InChI=1S/C30H29F3N2O4/c1-30(2,33)15-35-10-9-19-18-7-5-6-8-22(18)34-27(19)28(35)26-21(32)11-16(13-24(26)39-4)25-20(31)12-17(29(36)37)14-23(25)38-3/h5-8,11-14,28,34H,9-10,15H2,1-4H3,(H,36,37). The number of methoxy groups -OCH3 is 2. The van der Waals surface area contributed by atoms with E-state index in [0.29, 0.717) is 13.0 Å². The number of carbonyl (C=O) groups is 1. The molecule has 0 saturated carbocycles. The van der Waals surface area contributed by atoms with E-state index >= 15 is 8.78 Å². The molecule has 0 bridgehead atoms. The first-order chi connectivity index (χ1) is 18.5. The largest absolute Gasteiger partial charge is 0.496 e. The Kier molecular flexibility index (Phi) is 6.80. The van der Waals surface area contributed by atoms with Crippen molar-refractivity contribution in [2.45, 2.75) is 32.0 Å². The van der Waals surface area contributed by atoms with E-state index in [0.717, 1.165) is 28.2 Å². The van der Waals surface area contributed by atoms with Gasteiger partial charge in [0.1, 0.15) is 28.8 Å². The average Bonchev–Trinajstić information content (AvgIpc) is 3.25. The van der Waals surface area contributed by atoms with E-state index in [-0.39, 0.29) is 40.3 Å². The highest BCUT2D eigenvalue weighted by Crippen LogP contribution is 2.45. The number of nitrogens with one attached hydrogen (secondary N) is 1. The van der Waals surface area contributed by atoms with Crippen LogP contribution in [-0.2, 0) is 6.42 Å². The number of carboxylic acids is 1. The van der Waals surface area contributed by atoms with Gasteiger partial charge < -0.3 is 19.6 Å². The van der Waals surface area contributed by atoms with Crippen molar-refractivity contribution in [1.29, 1.82) is 0 Å². The van der Waals surface area contributed by atoms with Crippen LogP contribution < -0.4 is 9.47 Å². The third-order valence-corrected chi connectivity index (χ3v) is 7.11. The quantitative estimate of drug-likeness (QED) is 0.280. The zero-order valence-corrected chi connectivity index (χ0v) is 22.1. The van der Waals surface area contributed by atoms with Crippen molar-refractivity contribution in [3.05, 3.63) is 82.5 Å². The van der Waals surface area contributed by atoms with Gasteiger partial charge in [0.25, 0.3) is 0 Å². The van der Waals surface area contributed by atoms with Crippen LogP contribution in [0.25, 0.3) is 22.0 Å². The van der Waals surface area contributed by atoms with Crippen molar-refractivity contribution in [3.8, 4) is 22.6 Å². The highest BCUT2D eigenvalue weighted by molar-refractivity contribution is 5.90. The van der Waals surface area contributed by atoms with Gasteiger partial charge in [0.05, 0.1) is 37.0 Å². The number of hydrogen-bond donors (Lipinski definition) is 2. The van der Waals surface area contributed by atoms with Crippen LogP contribution in [0.1, 0.15) is 47.1 Å². The molecule has 0 amide bonds. The maximum Gasteiger partial charge on any atom is 0.335 e. The number of rotatable bonds is 7. The Morgan fingerprint density at radius 3 is 2.46 bits per heavy atom. The van der Waals surface area contributed by atoms with Crippen molar-refractivity contribution in [2.24, 2.45) is 0 Å². The second-order valence-electron chi connectivity index (χ2n) is 10.3. The maximum atomic E-state index is 16.2. The number of ether oxygens (including phenoxy) is 2. The van der Waals surface area contributed by atoms with Crippen LogP contribution in [0.4, 0.5) is 13.2 Å². The lowest BCUT2D eigenvalue weighted by Crippen LogP contribution is -2.43. The van der Waals surface area contributed by atoms with Crippen molar-refractivity contribution in [3.63, 3.8) is 0 Å². The zero-order valence-electron chi connectivity index (χ0n) is 22.1. The molecule has 0 fully saturated rings. The smallest absolute Gasteiger partial charge is 0.335 e. The zero-order chi connectivity index (χ0) is 28.1. The summed E-state index contributed by atoms with van der Waals surface area (Å²) >= 11 is 0. The Morgan fingerprint density at radius 1 is 1.08 bits per heavy atom. The molecule has 5 rings (SSSR count). The Labute approximate surface area is 224 Å². The van der Waals surface area contributed by atoms with Crippen LogP contribution >= 0.6 is 0 Å². The van der Waals surface area contributed by atoms with Gasteiger partial charge in [-0.2, -0.15) is 0 Å². The van der Waals surface area contributed by atoms with E-state index in [1.165, 1.54) is 46.3 Å². The lowest BCUT2D eigenvalue weighted by molar-refractivity contribution is 0.0696. The number of H-pyrrole nitrogens is 1. The van der Waals surface area contributed by atoms with Gasteiger partial charge in [0, 0.05) is 29.7 Å². The Balaban J connectivity index is 1.71. The lowest BCUT2D eigenvalue weighted by atomic mass is 9.89. The topological polar surface area (TPSA) is 74.8 Å². The monoisotopic (exact) mass is 538 g/mol. The van der Waals surface area contributed by atoms with Crippen LogP contribution in [0.15, 0.2) is 48.5 Å². The molecule has 6 nitrogen and oxygen atoms in total. The molecule has 0 aliphatic carbocycles. The minimum atomic E-state index is -1.55. The fourth-order valence-electron chi connectivity index (χ4n) is 5.59. The lowest BCUT2D eigenvalue weighted by Gasteiger charge is -2.39. The summed E-state index contributed by atoms with van der Waals surface area (Å²) in [7, 11) is 2.67. The second-order valence-corrected chi connectivity index (χ2v) is 10.3. The summed E-state index contributed by atoms with van der Waals surface area (Å²) in [6.07, 6.45) is 0.659. The molecule has 2 N–H and O–H groups in total. The predicted molar refractivity (Wildman–Crippen MR) is 142 cm³/mol. The van der Waals surface area contributed by atoms with Gasteiger partial charge in [-0.15, -0.1) is 0 Å². The molecular formula is C30H29F3N2O4. The Hall–Kier alpha value is -3.98. The van der Waals surface area contributed by atoms with Gasteiger partial charge in [0.15, 0.2) is 0 Å². The highest BCUT2D eigenvalue weighted by atomic mass is 19.1. The van der Waals surface area contributed by atoms with E-state index < -0.39 is 29.3 Å². The molecule has 0 spiro atoms. The minimum Gasteiger partial charge on any atom is -0.496 e. The summed E-state index contributed by atoms with van der Waals surface area (Å²) in [4.78, 5) is 16.7. The van der Waals surface area contributed by atoms with E-state index in [4.69, 9.17) is 9.47 Å². The summed E-state index contributed by atoms with van der Waals surface area (Å²) in [5, 5.41) is 10.3. The number of halogens is 3. The van der Waals surface area contributed by atoms with Gasteiger partial charge >= 0.3 is 5.97 Å². The number of para-hydroxylation sites is 1. The highest BCUT2D eigenvalue weighted by Gasteiger charge is 2.38. The number of aromatic nitrogens is 1. The molecule has 0 saturated heterocycles. The molecule has 204 valence electrons. The van der Waals surface area contributed by atoms with Crippen molar-refractivity contribution >= 4 is 16.9 Å². The van der Waals surface area contributed by atoms with E-state index in [9.17, 15) is 14.3 Å². The molecule has 9 heteroatoms. The second kappa shape index (κ2) is 9.96. The predicted octanol–water partition coefficient (Wildman–Crippen LogP) is 6.52. The summed E-state index contributed by atoms with van der Waals surface area (Å²) in [6, 6.07) is 11.8. The van der Waals surface area contributed by atoms with Gasteiger partial charge in [-0.3, -0.25) is 4.90 Å². The van der Waals surface area contributed by atoms with Crippen LogP contribution in [0.5, 0.6) is 11.5 Å². The molecule has 4 aromatic rings. The summed E-state index contributed by atoms with van der Waals surface area (Å²) in [5.74, 6) is -2.78. The fraction of sp³-hybridized carbons (Fsp3) is 0.300. The summed E-state index contributed by atoms with van der Waals surface area (Å²) < 4.78 is 57.3. The number of benzene rings is 3. The molecule has 3 aromatic carbocycles. The fourth-order valence-corrected chi connectivity index (χ4v) is 5.59. The Morgan fingerprint density at radius 2 is 1.79 bits per heavy atom. The molecule has 1 aliphatic heterocycles. The van der Waals surface area contributed by atoms with Crippen molar-refractivity contribution in [1.82, 2.24) is 9.88 Å². The van der Waals surface area contributed by atoms with E-state index in [1.807, 2.05) is 29.2 Å². The SMILES string of the molecule is COc1cc(C(=O)O)cc(F)c1-c1cc(F)c(C2c3[nH]c4ccccc4c3CCN2CC(C)(C)F)c(OC)c1. The van der Waals surface area contributed by atoms with Crippen LogP contribution in [0.3, 0.4) is 0 Å². The first-order valence-corrected chi connectivity index (χ1v) is 12.5. The molecule has 2 heterocycles. The molecule has 0 radical (unpaired) electrons. The molecular weight excluding hydrogens is 509 g/mol. The number of aromatic amines is 1. The van der Waals surface area contributed by atoms with Crippen LogP contribution in [0.2, 0.25) is 0 Å². The van der Waals surface area contributed by atoms with Crippen molar-refractivity contribution in [2.75, 3.05) is 27.3 Å². The normalized spacial score (nSPS) is 15.8. The number of alkyl halides is 1. The van der Waals surface area contributed by atoms with Crippen molar-refractivity contribution < 1.29 is 32.5 Å². The third kappa shape index (κ3) is 4.83. The number of hydrogen-bond acceptors (Lipinski definition) is 4. The van der Waals surface area contributed by atoms with Gasteiger partial charge in [-0.25, -0.2) is 18.0 Å². The molecule has 1 aromatic heterocycles. The summed E-state index contributed by atoms with van der Waals surface area (Å²) in [5.41, 5.74) is 1.06.